The first-order valence-electron chi connectivity index (χ1n) is 6.83. The molecule has 0 unspecified atom stereocenters. The van der Waals surface area contributed by atoms with Crippen molar-refractivity contribution in [3.8, 4) is 11.5 Å². The largest absolute Gasteiger partial charge is 0.493 e. The van der Waals surface area contributed by atoms with Crippen LogP contribution in [0.2, 0.25) is 5.02 Å². The van der Waals surface area contributed by atoms with E-state index in [0.29, 0.717) is 16.5 Å². The molecule has 0 amide bonds. The van der Waals surface area contributed by atoms with E-state index in [2.05, 4.69) is 22.7 Å². The summed E-state index contributed by atoms with van der Waals surface area (Å²) in [6.45, 7) is -0.0156. The van der Waals surface area contributed by atoms with Gasteiger partial charge < -0.3 is 15.2 Å². The Bertz CT molecular complexity index is 751. The first kappa shape index (κ1) is 18.0. The lowest BCUT2D eigenvalue weighted by Gasteiger charge is -2.12. The summed E-state index contributed by atoms with van der Waals surface area (Å²) in [5, 5.41) is 4.23. The number of hydrazone groups is 1. The number of rotatable bonds is 6. The Labute approximate surface area is 149 Å². The van der Waals surface area contributed by atoms with Crippen molar-refractivity contribution in [3.05, 3.63) is 58.4 Å². The molecule has 2 rings (SSSR count). The number of ether oxygens (including phenoxy) is 2. The molecule has 24 heavy (non-hydrogen) atoms. The minimum Gasteiger partial charge on any atom is -0.493 e. The van der Waals surface area contributed by atoms with E-state index in [0.717, 1.165) is 5.56 Å². The minimum absolute atomic E-state index is 0.0156. The summed E-state index contributed by atoms with van der Waals surface area (Å²) in [6.07, 6.45) is 1.53. The monoisotopic (exact) mass is 367 g/mol. The number of hydrogen-bond donors (Lipinski definition) is 2. The zero-order chi connectivity index (χ0) is 17.5. The normalized spacial score (nSPS) is 10.6. The van der Waals surface area contributed by atoms with Gasteiger partial charge in [-0.15, -0.1) is 0 Å². The van der Waals surface area contributed by atoms with Crippen LogP contribution in [0.5, 0.6) is 11.5 Å². The Morgan fingerprint density at radius 3 is 2.83 bits per heavy atom. The summed E-state index contributed by atoms with van der Waals surface area (Å²) in [6, 6.07) is 9.63. The molecule has 0 aromatic heterocycles. The molecule has 0 heterocycles. The third-order valence-corrected chi connectivity index (χ3v) is 3.46. The number of nitrogens with one attached hydrogen (secondary N) is 1. The molecule has 5 nitrogen and oxygen atoms in total. The minimum atomic E-state index is -0.422. The van der Waals surface area contributed by atoms with E-state index >= 15 is 0 Å². The van der Waals surface area contributed by atoms with Gasteiger partial charge in [0.05, 0.1) is 18.3 Å². The number of nitrogens with two attached hydrogens (primary N) is 1. The highest BCUT2D eigenvalue weighted by atomic mass is 35.5. The fourth-order valence-electron chi connectivity index (χ4n) is 1.87. The van der Waals surface area contributed by atoms with E-state index in [1.165, 1.54) is 25.5 Å². The molecule has 2 aromatic carbocycles. The highest BCUT2D eigenvalue weighted by molar-refractivity contribution is 7.80. The third kappa shape index (κ3) is 4.81. The van der Waals surface area contributed by atoms with Crippen LogP contribution < -0.4 is 20.6 Å². The van der Waals surface area contributed by atoms with Crippen molar-refractivity contribution in [2.75, 3.05) is 7.11 Å². The van der Waals surface area contributed by atoms with Crippen LogP contribution in [0.15, 0.2) is 41.5 Å². The zero-order valence-electron chi connectivity index (χ0n) is 12.8. The third-order valence-electron chi connectivity index (χ3n) is 3.01. The molecule has 0 bridgehead atoms. The Hall–Kier alpha value is -2.38. The van der Waals surface area contributed by atoms with Gasteiger partial charge in [-0.05, 0) is 48.1 Å². The predicted octanol–water partition coefficient (Wildman–Crippen LogP) is 3.23. The van der Waals surface area contributed by atoms with Gasteiger partial charge in [0.25, 0.3) is 0 Å². The molecule has 0 aliphatic carbocycles. The molecule has 8 heteroatoms. The molecule has 0 atom stereocenters. The summed E-state index contributed by atoms with van der Waals surface area (Å²) in [4.78, 5) is 0. The molecule has 3 N–H and O–H groups in total. The summed E-state index contributed by atoms with van der Waals surface area (Å²) in [7, 11) is 1.51. The molecule has 0 radical (unpaired) electrons. The average Bonchev–Trinajstić information content (AvgIpc) is 2.54. The SMILES string of the molecule is COc1cc(/C=N/NC(N)=S)ccc1OCc1c(F)cccc1Cl. The van der Waals surface area contributed by atoms with Crippen LogP contribution in [0.25, 0.3) is 0 Å². The van der Waals surface area contributed by atoms with Crippen molar-refractivity contribution < 1.29 is 13.9 Å². The standard InChI is InChI=1S/C16H15ClFN3O2S/c1-22-15-7-10(8-20-21-16(19)24)5-6-14(15)23-9-11-12(17)3-2-4-13(11)18/h2-8H,9H2,1H3,(H3,19,21,24)/b20-8+. The van der Waals surface area contributed by atoms with Crippen molar-refractivity contribution in [1.29, 1.82) is 0 Å². The second-order valence-electron chi connectivity index (χ2n) is 4.63. The average molecular weight is 368 g/mol. The van der Waals surface area contributed by atoms with Crippen LogP contribution in [-0.2, 0) is 6.61 Å². The van der Waals surface area contributed by atoms with E-state index in [1.54, 1.807) is 24.3 Å². The number of nitrogens with zero attached hydrogens (tertiary/aromatic N) is 1. The second kappa shape index (κ2) is 8.47. The predicted molar refractivity (Wildman–Crippen MR) is 96.3 cm³/mol. The number of thiocarbonyl (C=S) groups is 1. The Balaban J connectivity index is 2.13. The summed E-state index contributed by atoms with van der Waals surface area (Å²) >= 11 is 10.6. The smallest absolute Gasteiger partial charge is 0.184 e. The molecule has 2 aromatic rings. The Kier molecular flexibility index (Phi) is 6.34. The number of hydrogen-bond acceptors (Lipinski definition) is 4. The molecule has 0 aliphatic heterocycles. The van der Waals surface area contributed by atoms with Gasteiger partial charge in [-0.3, -0.25) is 5.43 Å². The quantitative estimate of drug-likeness (QED) is 0.466. The summed E-state index contributed by atoms with van der Waals surface area (Å²) < 4.78 is 24.7. The number of benzene rings is 2. The lowest BCUT2D eigenvalue weighted by Crippen LogP contribution is -2.23. The van der Waals surface area contributed by atoms with Crippen molar-refractivity contribution in [1.82, 2.24) is 5.43 Å². The first-order valence-corrected chi connectivity index (χ1v) is 7.62. The van der Waals surface area contributed by atoms with E-state index in [1.807, 2.05) is 0 Å². The lowest BCUT2D eigenvalue weighted by atomic mass is 10.2. The van der Waals surface area contributed by atoms with Gasteiger partial charge in [0.1, 0.15) is 12.4 Å². The van der Waals surface area contributed by atoms with E-state index in [9.17, 15) is 4.39 Å². The molecule has 126 valence electrons. The van der Waals surface area contributed by atoms with Gasteiger partial charge in [0.15, 0.2) is 16.6 Å². The number of halogens is 2. The molecule has 0 spiro atoms. The molecular weight excluding hydrogens is 353 g/mol. The van der Waals surface area contributed by atoms with Gasteiger partial charge in [0.2, 0.25) is 0 Å². The van der Waals surface area contributed by atoms with Gasteiger partial charge in [-0.1, -0.05) is 17.7 Å². The van der Waals surface area contributed by atoms with Crippen LogP contribution in [0.3, 0.4) is 0 Å². The molecule has 0 fully saturated rings. The van der Waals surface area contributed by atoms with Crippen molar-refractivity contribution in [3.63, 3.8) is 0 Å². The second-order valence-corrected chi connectivity index (χ2v) is 5.48. The van der Waals surface area contributed by atoms with E-state index in [-0.39, 0.29) is 17.3 Å². The fourth-order valence-corrected chi connectivity index (χ4v) is 2.14. The summed E-state index contributed by atoms with van der Waals surface area (Å²) in [5.41, 5.74) is 8.76. The topological polar surface area (TPSA) is 68.9 Å². The zero-order valence-corrected chi connectivity index (χ0v) is 14.3. The van der Waals surface area contributed by atoms with E-state index < -0.39 is 5.82 Å². The van der Waals surface area contributed by atoms with E-state index in [4.69, 9.17) is 26.8 Å². The fraction of sp³-hybridized carbons (Fsp3) is 0.125. The van der Waals surface area contributed by atoms with Gasteiger partial charge in [-0.2, -0.15) is 5.10 Å². The lowest BCUT2D eigenvalue weighted by molar-refractivity contribution is 0.280. The Morgan fingerprint density at radius 1 is 1.38 bits per heavy atom. The van der Waals surface area contributed by atoms with Gasteiger partial charge >= 0.3 is 0 Å². The Morgan fingerprint density at radius 2 is 2.17 bits per heavy atom. The maximum absolute atomic E-state index is 13.8. The van der Waals surface area contributed by atoms with Crippen LogP contribution in [0.4, 0.5) is 4.39 Å². The highest BCUT2D eigenvalue weighted by Crippen LogP contribution is 2.29. The van der Waals surface area contributed by atoms with Crippen LogP contribution in [0.1, 0.15) is 11.1 Å². The van der Waals surface area contributed by atoms with Crippen LogP contribution in [0, 0.1) is 5.82 Å². The van der Waals surface area contributed by atoms with Crippen LogP contribution >= 0.6 is 23.8 Å². The van der Waals surface area contributed by atoms with Gasteiger partial charge in [-0.25, -0.2) is 4.39 Å². The first-order chi connectivity index (χ1) is 11.5. The van der Waals surface area contributed by atoms with Gasteiger partial charge in [0, 0.05) is 5.56 Å². The molecule has 0 aliphatic rings. The van der Waals surface area contributed by atoms with Crippen molar-refractivity contribution in [2.24, 2.45) is 10.8 Å². The molecule has 0 saturated heterocycles. The van der Waals surface area contributed by atoms with Crippen molar-refractivity contribution >= 4 is 35.1 Å². The maximum Gasteiger partial charge on any atom is 0.184 e. The number of methoxy groups -OCH3 is 1. The summed E-state index contributed by atoms with van der Waals surface area (Å²) in [5.74, 6) is 0.507. The molecule has 0 saturated carbocycles. The maximum atomic E-state index is 13.8. The highest BCUT2D eigenvalue weighted by Gasteiger charge is 2.10. The van der Waals surface area contributed by atoms with Crippen LogP contribution in [-0.4, -0.2) is 18.4 Å². The van der Waals surface area contributed by atoms with Crippen molar-refractivity contribution in [2.45, 2.75) is 6.61 Å². The molecular formula is C16H15ClFN3O2S.